The molecule has 1 atom stereocenters. The molecule has 0 bridgehead atoms. The first-order chi connectivity index (χ1) is 13.1. The van der Waals surface area contributed by atoms with Gasteiger partial charge in [0.25, 0.3) is 0 Å². The van der Waals surface area contributed by atoms with Gasteiger partial charge < -0.3 is 28.6 Å². The molecule has 10 heteroatoms. The first kappa shape index (κ1) is 21.4. The van der Waals surface area contributed by atoms with Crippen molar-refractivity contribution in [2.75, 3.05) is 67.0 Å². The Morgan fingerprint density at radius 3 is 2.41 bits per heavy atom. The van der Waals surface area contributed by atoms with Crippen LogP contribution in [-0.2, 0) is 33.3 Å². The highest BCUT2D eigenvalue weighted by molar-refractivity contribution is 5.84. The van der Waals surface area contributed by atoms with E-state index in [1.54, 1.807) is 12.0 Å². The number of piperidine rings is 1. The van der Waals surface area contributed by atoms with Gasteiger partial charge in [0.1, 0.15) is 13.2 Å². The molecule has 2 amide bonds. The second-order valence-electron chi connectivity index (χ2n) is 6.29. The monoisotopic (exact) mass is 388 g/mol. The molecule has 2 rings (SSSR count). The van der Waals surface area contributed by atoms with Crippen LogP contribution >= 0.6 is 0 Å². The van der Waals surface area contributed by atoms with Crippen LogP contribution in [0.25, 0.3) is 0 Å². The Labute approximate surface area is 158 Å². The van der Waals surface area contributed by atoms with E-state index < -0.39 is 18.1 Å². The van der Waals surface area contributed by atoms with Gasteiger partial charge in [-0.1, -0.05) is 0 Å². The minimum atomic E-state index is -0.712. The number of carbonyl (C=O) groups is 3. The summed E-state index contributed by atoms with van der Waals surface area (Å²) in [6.07, 6.45) is 0.648. The van der Waals surface area contributed by atoms with Crippen molar-refractivity contribution in [2.45, 2.75) is 24.9 Å². The molecule has 2 aliphatic heterocycles. The second kappa shape index (κ2) is 11.1. The number of esters is 1. The predicted molar refractivity (Wildman–Crippen MR) is 92.1 cm³/mol. The lowest BCUT2D eigenvalue weighted by Gasteiger charge is -2.37. The Balaban J connectivity index is 1.69. The van der Waals surface area contributed by atoms with Crippen molar-refractivity contribution >= 4 is 18.0 Å². The van der Waals surface area contributed by atoms with Crippen molar-refractivity contribution in [3.63, 3.8) is 0 Å². The summed E-state index contributed by atoms with van der Waals surface area (Å²) >= 11 is 0. The molecule has 0 aromatic rings. The maximum atomic E-state index is 12.2. The first-order valence-corrected chi connectivity index (χ1v) is 9.03. The van der Waals surface area contributed by atoms with Crippen LogP contribution in [0, 0.1) is 0 Å². The zero-order chi connectivity index (χ0) is 19.6. The third-order valence-corrected chi connectivity index (χ3v) is 4.62. The lowest BCUT2D eigenvalue weighted by molar-refractivity contribution is -0.146. The molecule has 0 aromatic carbocycles. The number of hydrogen-bond acceptors (Lipinski definition) is 8. The molecular weight excluding hydrogens is 360 g/mol. The number of cyclic esters (lactones) is 1. The van der Waals surface area contributed by atoms with Crippen LogP contribution < -0.4 is 0 Å². The molecule has 0 N–H and O–H groups in total. The van der Waals surface area contributed by atoms with E-state index in [1.165, 1.54) is 12.0 Å². The maximum Gasteiger partial charge on any atom is 0.410 e. The highest BCUT2D eigenvalue weighted by Gasteiger charge is 2.44. The molecule has 10 nitrogen and oxygen atoms in total. The van der Waals surface area contributed by atoms with Crippen LogP contribution in [0.4, 0.5) is 4.79 Å². The molecule has 0 aliphatic carbocycles. The van der Waals surface area contributed by atoms with Crippen molar-refractivity contribution in [1.29, 1.82) is 0 Å². The third-order valence-electron chi connectivity index (χ3n) is 4.62. The smallest absolute Gasteiger partial charge is 0.410 e. The Morgan fingerprint density at radius 2 is 1.74 bits per heavy atom. The zero-order valence-electron chi connectivity index (χ0n) is 15.9. The summed E-state index contributed by atoms with van der Waals surface area (Å²) in [6, 6.07) is -0.862. The molecule has 27 heavy (non-hydrogen) atoms. The molecule has 0 aromatic heterocycles. The average molecular weight is 388 g/mol. The van der Waals surface area contributed by atoms with Crippen molar-refractivity contribution < 1.29 is 38.1 Å². The normalized spacial score (nSPS) is 20.7. The van der Waals surface area contributed by atoms with Gasteiger partial charge in [-0.05, 0) is 12.8 Å². The Bertz CT molecular complexity index is 507. The molecule has 2 aliphatic rings. The highest BCUT2D eigenvalue weighted by atomic mass is 16.6. The molecule has 0 spiro atoms. The van der Waals surface area contributed by atoms with Crippen molar-refractivity contribution in [1.82, 2.24) is 9.80 Å². The molecule has 2 saturated heterocycles. The van der Waals surface area contributed by atoms with Gasteiger partial charge in [0.05, 0.1) is 33.5 Å². The summed E-state index contributed by atoms with van der Waals surface area (Å²) in [6.45, 7) is 2.75. The summed E-state index contributed by atoms with van der Waals surface area (Å²) in [7, 11) is 2.89. The van der Waals surface area contributed by atoms with E-state index in [0.717, 1.165) is 0 Å². The summed E-state index contributed by atoms with van der Waals surface area (Å²) < 4.78 is 25.2. The lowest BCUT2D eigenvalue weighted by atomic mass is 10.0. The fraction of sp³-hybridized carbons (Fsp3) is 0.824. The van der Waals surface area contributed by atoms with E-state index in [0.29, 0.717) is 52.4 Å². The van der Waals surface area contributed by atoms with Gasteiger partial charge in [0.2, 0.25) is 5.91 Å². The topological polar surface area (TPSA) is 104 Å². The number of methoxy groups -OCH3 is 2. The van der Waals surface area contributed by atoms with E-state index >= 15 is 0 Å². The van der Waals surface area contributed by atoms with Crippen molar-refractivity contribution in [2.24, 2.45) is 0 Å². The van der Waals surface area contributed by atoms with E-state index in [-0.39, 0.29) is 25.2 Å². The Hall–Kier alpha value is -1.91. The SMILES string of the molecule is COCCOCCOCC(=O)N1CCC(N2C(=O)OCC2C(=O)OC)CC1. The highest BCUT2D eigenvalue weighted by Crippen LogP contribution is 2.24. The molecule has 2 fully saturated rings. The van der Waals surface area contributed by atoms with Crippen molar-refractivity contribution in [3.8, 4) is 0 Å². The average Bonchev–Trinajstić information content (AvgIpc) is 3.08. The number of ether oxygens (including phenoxy) is 5. The molecule has 0 saturated carbocycles. The van der Waals surface area contributed by atoms with Gasteiger partial charge in [-0.25, -0.2) is 9.59 Å². The van der Waals surface area contributed by atoms with Crippen LogP contribution in [-0.4, -0.2) is 107 Å². The molecular formula is C17H28N2O8. The van der Waals surface area contributed by atoms with Gasteiger partial charge >= 0.3 is 12.1 Å². The largest absolute Gasteiger partial charge is 0.467 e. The number of rotatable bonds is 10. The van der Waals surface area contributed by atoms with Crippen LogP contribution in [0.2, 0.25) is 0 Å². The number of likely N-dealkylation sites (tertiary alicyclic amines) is 1. The Kier molecular flexibility index (Phi) is 8.76. The standard InChI is InChI=1S/C17H28N2O8/c1-23-7-8-25-9-10-26-12-15(20)18-5-3-13(4-6-18)19-14(16(21)24-2)11-27-17(19)22/h13-14H,3-12H2,1-2H3. The third kappa shape index (κ3) is 6.05. The Morgan fingerprint density at radius 1 is 1.07 bits per heavy atom. The van der Waals surface area contributed by atoms with Crippen LogP contribution in [0.15, 0.2) is 0 Å². The molecule has 154 valence electrons. The van der Waals surface area contributed by atoms with Gasteiger partial charge in [-0.2, -0.15) is 0 Å². The molecule has 2 heterocycles. The van der Waals surface area contributed by atoms with E-state index in [1.807, 2.05) is 0 Å². The molecule has 1 unspecified atom stereocenters. The van der Waals surface area contributed by atoms with Crippen molar-refractivity contribution in [3.05, 3.63) is 0 Å². The number of carbonyl (C=O) groups excluding carboxylic acids is 3. The van der Waals surface area contributed by atoms with Gasteiger partial charge in [0.15, 0.2) is 6.04 Å². The maximum absolute atomic E-state index is 12.2. The van der Waals surface area contributed by atoms with E-state index in [2.05, 4.69) is 0 Å². The van der Waals surface area contributed by atoms with E-state index in [9.17, 15) is 14.4 Å². The van der Waals surface area contributed by atoms with Gasteiger partial charge in [0, 0.05) is 26.2 Å². The molecule has 0 radical (unpaired) electrons. The lowest BCUT2D eigenvalue weighted by Crippen LogP contribution is -2.52. The van der Waals surface area contributed by atoms with Crippen LogP contribution in [0.1, 0.15) is 12.8 Å². The summed E-state index contributed by atoms with van der Waals surface area (Å²) in [5.41, 5.74) is 0. The quantitative estimate of drug-likeness (QED) is 0.370. The first-order valence-electron chi connectivity index (χ1n) is 9.03. The fourth-order valence-electron chi connectivity index (χ4n) is 3.16. The number of nitrogens with zero attached hydrogens (tertiary/aromatic N) is 2. The van der Waals surface area contributed by atoms with Gasteiger partial charge in [-0.15, -0.1) is 0 Å². The predicted octanol–water partition coefficient (Wildman–Crippen LogP) is -0.349. The van der Waals surface area contributed by atoms with E-state index in [4.69, 9.17) is 23.7 Å². The van der Waals surface area contributed by atoms with Crippen LogP contribution in [0.5, 0.6) is 0 Å². The number of amides is 2. The summed E-state index contributed by atoms with van der Waals surface area (Å²) in [5, 5.41) is 0. The van der Waals surface area contributed by atoms with Gasteiger partial charge in [-0.3, -0.25) is 9.69 Å². The second-order valence-corrected chi connectivity index (χ2v) is 6.29. The zero-order valence-corrected chi connectivity index (χ0v) is 15.9. The minimum absolute atomic E-state index is 0.00490. The van der Waals surface area contributed by atoms with Crippen LogP contribution in [0.3, 0.4) is 0 Å². The summed E-state index contributed by atoms with van der Waals surface area (Å²) in [4.78, 5) is 39.1. The number of hydrogen-bond donors (Lipinski definition) is 0. The summed E-state index contributed by atoms with van der Waals surface area (Å²) in [5.74, 6) is -0.584. The minimum Gasteiger partial charge on any atom is -0.467 e. The fourth-order valence-corrected chi connectivity index (χ4v) is 3.16.